The zero-order valence-corrected chi connectivity index (χ0v) is 15.9. The monoisotopic (exact) mass is 352 g/mol. The summed E-state index contributed by atoms with van der Waals surface area (Å²) in [7, 11) is 1.98. The standard InChI is InChI=1S/C19H29ClN2O2/c1-19(2,3)24-18(23)22-11-9-15(10-12-22)17(13-21-4)14-5-7-16(20)8-6-14/h5-8,15,17,21H,9-13H2,1-4H3. The maximum atomic E-state index is 12.2. The Hall–Kier alpha value is -1.26. The summed E-state index contributed by atoms with van der Waals surface area (Å²) in [6.45, 7) is 8.16. The number of carbonyl (C=O) groups is 1. The molecule has 2 rings (SSSR count). The van der Waals surface area contributed by atoms with Gasteiger partial charge in [0.05, 0.1) is 0 Å². The number of halogens is 1. The molecule has 5 heteroatoms. The largest absolute Gasteiger partial charge is 0.444 e. The third kappa shape index (κ3) is 5.38. The fourth-order valence-electron chi connectivity index (χ4n) is 3.30. The average Bonchev–Trinajstić information content (AvgIpc) is 2.52. The minimum absolute atomic E-state index is 0.197. The van der Waals surface area contributed by atoms with Crippen LogP contribution in [0.2, 0.25) is 5.02 Å². The maximum absolute atomic E-state index is 12.2. The maximum Gasteiger partial charge on any atom is 0.410 e. The molecule has 0 aromatic heterocycles. The predicted molar refractivity (Wildman–Crippen MR) is 98.7 cm³/mol. The van der Waals surface area contributed by atoms with Crippen LogP contribution in [0.15, 0.2) is 24.3 Å². The zero-order chi connectivity index (χ0) is 17.7. The number of ether oxygens (including phenoxy) is 1. The number of amides is 1. The Morgan fingerprint density at radius 2 is 1.88 bits per heavy atom. The lowest BCUT2D eigenvalue weighted by molar-refractivity contribution is 0.0174. The van der Waals surface area contributed by atoms with E-state index in [1.165, 1.54) is 5.56 Å². The summed E-state index contributed by atoms with van der Waals surface area (Å²) in [4.78, 5) is 14.0. The van der Waals surface area contributed by atoms with E-state index in [0.29, 0.717) is 11.8 Å². The number of rotatable bonds is 4. The molecule has 4 nitrogen and oxygen atoms in total. The van der Waals surface area contributed by atoms with Crippen molar-refractivity contribution < 1.29 is 9.53 Å². The Balaban J connectivity index is 1.98. The second-order valence-corrected chi connectivity index (χ2v) is 7.96. The Kier molecular flexibility index (Phi) is 6.53. The molecule has 1 fully saturated rings. The molecule has 1 aromatic carbocycles. The highest BCUT2D eigenvalue weighted by molar-refractivity contribution is 6.30. The molecule has 0 radical (unpaired) electrons. The van der Waals surface area contributed by atoms with E-state index in [1.807, 2.05) is 44.9 Å². The molecular weight excluding hydrogens is 324 g/mol. The fourth-order valence-corrected chi connectivity index (χ4v) is 3.42. The summed E-state index contributed by atoms with van der Waals surface area (Å²) in [6.07, 6.45) is 1.79. The van der Waals surface area contributed by atoms with E-state index in [2.05, 4.69) is 17.4 Å². The molecule has 1 aliphatic rings. The van der Waals surface area contributed by atoms with Gasteiger partial charge in [0.2, 0.25) is 0 Å². The van der Waals surface area contributed by atoms with Gasteiger partial charge in [-0.15, -0.1) is 0 Å². The number of nitrogens with zero attached hydrogens (tertiary/aromatic N) is 1. The summed E-state index contributed by atoms with van der Waals surface area (Å²) >= 11 is 6.01. The average molecular weight is 353 g/mol. The van der Waals surface area contributed by atoms with Crippen molar-refractivity contribution in [2.75, 3.05) is 26.7 Å². The van der Waals surface area contributed by atoms with E-state index in [4.69, 9.17) is 16.3 Å². The quantitative estimate of drug-likeness (QED) is 0.878. The Morgan fingerprint density at radius 3 is 2.38 bits per heavy atom. The number of benzene rings is 1. The van der Waals surface area contributed by atoms with Gasteiger partial charge in [0.25, 0.3) is 0 Å². The summed E-state index contributed by atoms with van der Waals surface area (Å²) in [5.74, 6) is 0.991. The van der Waals surface area contributed by atoms with Crippen molar-refractivity contribution in [3.05, 3.63) is 34.9 Å². The van der Waals surface area contributed by atoms with Crippen LogP contribution in [0.25, 0.3) is 0 Å². The SMILES string of the molecule is CNCC(c1ccc(Cl)cc1)C1CCN(C(=O)OC(C)(C)C)CC1. The molecule has 1 N–H and O–H groups in total. The number of piperidine rings is 1. The lowest BCUT2D eigenvalue weighted by atomic mass is 9.80. The molecule has 0 spiro atoms. The van der Waals surface area contributed by atoms with E-state index in [9.17, 15) is 4.79 Å². The first-order chi connectivity index (χ1) is 11.3. The van der Waals surface area contributed by atoms with Gasteiger partial charge < -0.3 is 15.0 Å². The summed E-state index contributed by atoms with van der Waals surface area (Å²) in [6, 6.07) is 8.14. The summed E-state index contributed by atoms with van der Waals surface area (Å²) in [5.41, 5.74) is 0.871. The number of nitrogens with one attached hydrogen (secondary N) is 1. The smallest absolute Gasteiger partial charge is 0.410 e. The number of likely N-dealkylation sites (N-methyl/N-ethyl adjacent to an activating group) is 1. The van der Waals surface area contributed by atoms with Crippen molar-refractivity contribution in [1.29, 1.82) is 0 Å². The van der Waals surface area contributed by atoms with Crippen molar-refractivity contribution in [3.63, 3.8) is 0 Å². The summed E-state index contributed by atoms with van der Waals surface area (Å²) in [5, 5.41) is 4.07. The molecular formula is C19H29ClN2O2. The molecule has 1 atom stereocenters. The van der Waals surface area contributed by atoms with Crippen LogP contribution in [-0.4, -0.2) is 43.3 Å². The van der Waals surface area contributed by atoms with Crippen LogP contribution in [0.3, 0.4) is 0 Å². The molecule has 0 aliphatic carbocycles. The number of likely N-dealkylation sites (tertiary alicyclic amines) is 1. The first-order valence-corrected chi connectivity index (χ1v) is 9.06. The van der Waals surface area contributed by atoms with Gasteiger partial charge in [-0.3, -0.25) is 0 Å². The van der Waals surface area contributed by atoms with Crippen molar-refractivity contribution in [3.8, 4) is 0 Å². The van der Waals surface area contributed by atoms with Gasteiger partial charge in [0, 0.05) is 24.7 Å². The molecule has 1 heterocycles. The minimum atomic E-state index is -0.439. The predicted octanol–water partition coefficient (Wildman–Crippen LogP) is 4.29. The van der Waals surface area contributed by atoms with Crippen molar-refractivity contribution in [1.82, 2.24) is 10.2 Å². The second-order valence-electron chi connectivity index (χ2n) is 7.52. The molecule has 1 aromatic rings. The summed E-state index contributed by atoms with van der Waals surface area (Å²) < 4.78 is 5.48. The van der Waals surface area contributed by atoms with Gasteiger partial charge in [-0.05, 0) is 70.2 Å². The minimum Gasteiger partial charge on any atom is -0.444 e. The van der Waals surface area contributed by atoms with Crippen LogP contribution in [0, 0.1) is 5.92 Å². The molecule has 0 saturated carbocycles. The number of carbonyl (C=O) groups excluding carboxylic acids is 1. The van der Waals surface area contributed by atoms with Crippen LogP contribution in [0.5, 0.6) is 0 Å². The van der Waals surface area contributed by atoms with Gasteiger partial charge in [-0.1, -0.05) is 23.7 Å². The highest BCUT2D eigenvalue weighted by Gasteiger charge is 2.31. The van der Waals surface area contributed by atoms with E-state index in [-0.39, 0.29) is 6.09 Å². The van der Waals surface area contributed by atoms with Gasteiger partial charge in [0.15, 0.2) is 0 Å². The molecule has 1 amide bonds. The van der Waals surface area contributed by atoms with Gasteiger partial charge >= 0.3 is 6.09 Å². The fraction of sp³-hybridized carbons (Fsp3) is 0.632. The topological polar surface area (TPSA) is 41.6 Å². The molecule has 24 heavy (non-hydrogen) atoms. The van der Waals surface area contributed by atoms with Crippen LogP contribution < -0.4 is 5.32 Å². The van der Waals surface area contributed by atoms with Gasteiger partial charge in [0.1, 0.15) is 5.60 Å². The molecule has 1 aliphatic heterocycles. The van der Waals surface area contributed by atoms with Crippen LogP contribution in [0.1, 0.15) is 45.1 Å². The highest BCUT2D eigenvalue weighted by atomic mass is 35.5. The first-order valence-electron chi connectivity index (χ1n) is 8.68. The van der Waals surface area contributed by atoms with E-state index >= 15 is 0 Å². The van der Waals surface area contributed by atoms with Crippen LogP contribution in [0.4, 0.5) is 4.79 Å². The molecule has 134 valence electrons. The van der Waals surface area contributed by atoms with Gasteiger partial charge in [-0.25, -0.2) is 4.79 Å². The lowest BCUT2D eigenvalue weighted by Gasteiger charge is -2.37. The van der Waals surface area contributed by atoms with E-state index < -0.39 is 5.60 Å². The lowest BCUT2D eigenvalue weighted by Crippen LogP contribution is -2.43. The highest BCUT2D eigenvalue weighted by Crippen LogP contribution is 2.33. The van der Waals surface area contributed by atoms with Crippen LogP contribution >= 0.6 is 11.6 Å². The third-order valence-corrected chi connectivity index (χ3v) is 4.73. The van der Waals surface area contributed by atoms with Crippen molar-refractivity contribution in [2.45, 2.75) is 45.1 Å². The van der Waals surface area contributed by atoms with Crippen molar-refractivity contribution >= 4 is 17.7 Å². The first kappa shape index (κ1) is 19.1. The Morgan fingerprint density at radius 1 is 1.29 bits per heavy atom. The normalized spacial score (nSPS) is 17.6. The molecule has 1 saturated heterocycles. The second kappa shape index (κ2) is 8.21. The van der Waals surface area contributed by atoms with E-state index in [1.54, 1.807) is 0 Å². The number of hydrogen-bond acceptors (Lipinski definition) is 3. The zero-order valence-electron chi connectivity index (χ0n) is 15.1. The van der Waals surface area contributed by atoms with Crippen molar-refractivity contribution in [2.24, 2.45) is 5.92 Å². The van der Waals surface area contributed by atoms with E-state index in [0.717, 1.165) is 37.5 Å². The molecule has 1 unspecified atom stereocenters. The molecule has 0 bridgehead atoms. The van der Waals surface area contributed by atoms with Crippen LogP contribution in [-0.2, 0) is 4.74 Å². The Bertz CT molecular complexity index is 531. The third-order valence-electron chi connectivity index (χ3n) is 4.48. The Labute approximate surface area is 150 Å². The van der Waals surface area contributed by atoms with Gasteiger partial charge in [-0.2, -0.15) is 0 Å². The number of hydrogen-bond donors (Lipinski definition) is 1.